The van der Waals surface area contributed by atoms with Crippen LogP contribution in [-0.4, -0.2) is 24.0 Å². The summed E-state index contributed by atoms with van der Waals surface area (Å²) in [7, 11) is 2.20. The molecule has 0 atom stereocenters. The molecule has 2 heterocycles. The molecule has 1 aliphatic carbocycles. The van der Waals surface area contributed by atoms with Gasteiger partial charge in [0.05, 0.1) is 17.7 Å². The van der Waals surface area contributed by atoms with Crippen LogP contribution in [-0.2, 0) is 10.2 Å². The van der Waals surface area contributed by atoms with Gasteiger partial charge in [-0.1, -0.05) is 50.3 Å². The number of aryl methyl sites for hydroxylation is 1. The predicted octanol–water partition coefficient (Wildman–Crippen LogP) is 4.40. The highest BCUT2D eigenvalue weighted by molar-refractivity contribution is 6.30. The number of rotatable bonds is 4. The Morgan fingerprint density at radius 3 is 2.59 bits per heavy atom. The van der Waals surface area contributed by atoms with Crippen molar-refractivity contribution in [1.29, 1.82) is 0 Å². The zero-order valence-corrected chi connectivity index (χ0v) is 17.4. The lowest BCUT2D eigenvalue weighted by molar-refractivity contribution is 0.295. The third-order valence-electron chi connectivity index (χ3n) is 5.85. The van der Waals surface area contributed by atoms with Crippen molar-refractivity contribution in [2.24, 2.45) is 0 Å². The molecule has 144 valence electrons. The molecule has 0 spiro atoms. The molecule has 0 amide bonds. The smallest absolute Gasteiger partial charge is 0.262 e. The first-order valence-electron chi connectivity index (χ1n) is 9.92. The fourth-order valence-corrected chi connectivity index (χ4v) is 4.56. The van der Waals surface area contributed by atoms with Crippen LogP contribution in [0.1, 0.15) is 63.0 Å². The van der Waals surface area contributed by atoms with E-state index >= 15 is 0 Å². The van der Waals surface area contributed by atoms with Crippen molar-refractivity contribution in [3.63, 3.8) is 0 Å². The molecule has 0 N–H and O–H groups in total. The largest absolute Gasteiger partial charge is 0.494 e. The third-order valence-corrected chi connectivity index (χ3v) is 6.06. The number of pyridine rings is 2. The van der Waals surface area contributed by atoms with Crippen LogP contribution in [0, 0.1) is 6.92 Å². The molecule has 3 rings (SSSR count). The standard InChI is InChI=1S/C21H28BClN2O2/c1-4-27-15(3)19-14(2)16-13-24-18(23)12-17(16)25(20(19)26)21(22)10-8-6-5-7-9-11-21/h12-13H,3-11,22H2,1-2H3. The first-order chi connectivity index (χ1) is 12.9. The molecule has 1 fully saturated rings. The van der Waals surface area contributed by atoms with Gasteiger partial charge in [-0.25, -0.2) is 4.98 Å². The monoisotopic (exact) mass is 386 g/mol. The van der Waals surface area contributed by atoms with E-state index in [2.05, 4.69) is 19.4 Å². The quantitative estimate of drug-likeness (QED) is 0.444. The van der Waals surface area contributed by atoms with Crippen molar-refractivity contribution >= 4 is 36.1 Å². The topological polar surface area (TPSA) is 44.1 Å². The molecule has 0 saturated heterocycles. The van der Waals surface area contributed by atoms with Crippen LogP contribution in [0.5, 0.6) is 0 Å². The number of halogens is 1. The number of nitrogens with zero attached hydrogens (tertiary/aromatic N) is 2. The lowest BCUT2D eigenvalue weighted by atomic mass is 9.68. The normalized spacial score (nSPS) is 17.3. The number of ether oxygens (including phenoxy) is 1. The molecule has 27 heavy (non-hydrogen) atoms. The molecular formula is C21H28BClN2O2. The van der Waals surface area contributed by atoms with Crippen molar-refractivity contribution < 1.29 is 4.74 Å². The summed E-state index contributed by atoms with van der Waals surface area (Å²) in [5.41, 5.74) is 1.97. The molecule has 0 radical (unpaired) electrons. The Labute approximate surface area is 167 Å². The number of aromatic nitrogens is 2. The summed E-state index contributed by atoms with van der Waals surface area (Å²) < 4.78 is 7.58. The summed E-state index contributed by atoms with van der Waals surface area (Å²) in [6.45, 7) is 8.33. The minimum absolute atomic E-state index is 0.0382. The SMILES string of the molecule is BC1(n2c(=O)c(C(=C)OCC)c(C)c3cnc(Cl)cc32)CCCCCCC1. The number of hydrogen-bond donors (Lipinski definition) is 0. The molecule has 4 nitrogen and oxygen atoms in total. The summed E-state index contributed by atoms with van der Waals surface area (Å²) in [4.78, 5) is 18.0. The summed E-state index contributed by atoms with van der Waals surface area (Å²) >= 11 is 6.22. The fraction of sp³-hybridized carbons (Fsp3) is 0.524. The van der Waals surface area contributed by atoms with Crippen molar-refractivity contribution in [3.05, 3.63) is 45.5 Å². The van der Waals surface area contributed by atoms with Gasteiger partial charge in [0.1, 0.15) is 18.8 Å². The van der Waals surface area contributed by atoms with E-state index in [4.69, 9.17) is 16.3 Å². The van der Waals surface area contributed by atoms with E-state index in [0.717, 1.165) is 42.1 Å². The molecule has 0 bridgehead atoms. The van der Waals surface area contributed by atoms with Gasteiger partial charge in [0.25, 0.3) is 5.56 Å². The van der Waals surface area contributed by atoms with E-state index in [0.29, 0.717) is 23.1 Å². The van der Waals surface area contributed by atoms with Gasteiger partial charge in [0.15, 0.2) is 0 Å². The van der Waals surface area contributed by atoms with Gasteiger partial charge in [0.2, 0.25) is 0 Å². The van der Waals surface area contributed by atoms with Crippen molar-refractivity contribution in [3.8, 4) is 0 Å². The average Bonchev–Trinajstić information content (AvgIpc) is 2.58. The maximum Gasteiger partial charge on any atom is 0.262 e. The van der Waals surface area contributed by atoms with Gasteiger partial charge >= 0.3 is 0 Å². The Morgan fingerprint density at radius 1 is 1.33 bits per heavy atom. The predicted molar refractivity (Wildman–Crippen MR) is 115 cm³/mol. The van der Waals surface area contributed by atoms with E-state index in [1.165, 1.54) is 19.3 Å². The molecule has 2 aromatic heterocycles. The van der Waals surface area contributed by atoms with Crippen LogP contribution in [0.2, 0.25) is 5.15 Å². The van der Waals surface area contributed by atoms with Crippen LogP contribution in [0.4, 0.5) is 0 Å². The maximum absolute atomic E-state index is 13.7. The number of fused-ring (bicyclic) bond motifs is 1. The average molecular weight is 387 g/mol. The molecular weight excluding hydrogens is 359 g/mol. The Kier molecular flexibility index (Phi) is 6.00. The summed E-state index contributed by atoms with van der Waals surface area (Å²) in [6.07, 6.45) is 9.68. The highest BCUT2D eigenvalue weighted by atomic mass is 35.5. The van der Waals surface area contributed by atoms with Crippen molar-refractivity contribution in [2.75, 3.05) is 6.61 Å². The second kappa shape index (κ2) is 8.09. The first kappa shape index (κ1) is 20.0. The van der Waals surface area contributed by atoms with Gasteiger partial charge in [-0.2, -0.15) is 0 Å². The summed E-state index contributed by atoms with van der Waals surface area (Å²) in [5.74, 6) is 0.431. The van der Waals surface area contributed by atoms with Crippen molar-refractivity contribution in [2.45, 2.75) is 64.2 Å². The Morgan fingerprint density at radius 2 is 1.96 bits per heavy atom. The third kappa shape index (κ3) is 3.80. The first-order valence-corrected chi connectivity index (χ1v) is 10.3. The van der Waals surface area contributed by atoms with E-state index in [1.807, 2.05) is 24.5 Å². The second-order valence-electron chi connectivity index (χ2n) is 7.79. The van der Waals surface area contributed by atoms with E-state index in [-0.39, 0.29) is 11.0 Å². The molecule has 6 heteroatoms. The molecule has 1 saturated carbocycles. The maximum atomic E-state index is 13.7. The van der Waals surface area contributed by atoms with Crippen molar-refractivity contribution in [1.82, 2.24) is 9.55 Å². The van der Waals surface area contributed by atoms with Crippen LogP contribution in [0.15, 0.2) is 23.6 Å². The van der Waals surface area contributed by atoms with Crippen LogP contribution < -0.4 is 5.56 Å². The Balaban J connectivity index is 2.33. The van der Waals surface area contributed by atoms with Gasteiger partial charge in [0, 0.05) is 17.0 Å². The van der Waals surface area contributed by atoms with Crippen LogP contribution in [0.25, 0.3) is 16.7 Å². The highest BCUT2D eigenvalue weighted by Crippen LogP contribution is 2.34. The minimum Gasteiger partial charge on any atom is -0.494 e. The van der Waals surface area contributed by atoms with E-state index < -0.39 is 0 Å². The van der Waals surface area contributed by atoms with Crippen LogP contribution in [0.3, 0.4) is 0 Å². The zero-order valence-electron chi connectivity index (χ0n) is 16.6. The van der Waals surface area contributed by atoms with Gasteiger partial charge in [-0.15, -0.1) is 0 Å². The van der Waals surface area contributed by atoms with Gasteiger partial charge in [-0.05, 0) is 38.3 Å². The summed E-state index contributed by atoms with van der Waals surface area (Å²) in [5, 5.41) is 1.33. The van der Waals surface area contributed by atoms with Gasteiger partial charge < -0.3 is 9.30 Å². The molecule has 0 unspecified atom stereocenters. The molecule has 1 aliphatic rings. The lowest BCUT2D eigenvalue weighted by Gasteiger charge is -2.36. The van der Waals surface area contributed by atoms with E-state index in [9.17, 15) is 4.79 Å². The van der Waals surface area contributed by atoms with Gasteiger partial charge in [-0.3, -0.25) is 4.79 Å². The number of hydrogen-bond acceptors (Lipinski definition) is 3. The Bertz CT molecular complexity index is 915. The van der Waals surface area contributed by atoms with E-state index in [1.54, 1.807) is 6.20 Å². The molecule has 2 aromatic rings. The lowest BCUT2D eigenvalue weighted by Crippen LogP contribution is -2.44. The minimum atomic E-state index is -0.255. The highest BCUT2D eigenvalue weighted by Gasteiger charge is 2.31. The molecule has 0 aromatic carbocycles. The fourth-order valence-electron chi connectivity index (χ4n) is 4.41. The molecule has 0 aliphatic heterocycles. The van der Waals surface area contributed by atoms with Crippen LogP contribution >= 0.6 is 11.6 Å². The zero-order chi connectivity index (χ0) is 19.6. The second-order valence-corrected chi connectivity index (χ2v) is 8.17. The summed E-state index contributed by atoms with van der Waals surface area (Å²) in [6, 6.07) is 1.82. The Hall–Kier alpha value is -1.75.